The minimum atomic E-state index is -0.0509. The second kappa shape index (κ2) is 7.97. The van der Waals surface area contributed by atoms with Gasteiger partial charge in [0.05, 0.1) is 6.54 Å². The van der Waals surface area contributed by atoms with Gasteiger partial charge in [0.2, 0.25) is 5.91 Å². The molecule has 22 heavy (non-hydrogen) atoms. The maximum atomic E-state index is 12.0. The van der Waals surface area contributed by atoms with Crippen molar-refractivity contribution in [3.05, 3.63) is 64.7 Å². The number of hydrogen-bond acceptors (Lipinski definition) is 2. The van der Waals surface area contributed by atoms with Gasteiger partial charge in [-0.1, -0.05) is 42.8 Å². The van der Waals surface area contributed by atoms with Crippen LogP contribution in [0.2, 0.25) is 5.02 Å². The van der Waals surface area contributed by atoms with E-state index in [4.69, 9.17) is 11.6 Å². The quantitative estimate of drug-likeness (QED) is 0.839. The molecule has 3 nitrogen and oxygen atoms in total. The lowest BCUT2D eigenvalue weighted by atomic mass is 10.1. The first-order valence-corrected chi connectivity index (χ1v) is 7.84. The molecule has 0 aliphatic rings. The van der Waals surface area contributed by atoms with E-state index in [0.29, 0.717) is 5.02 Å². The van der Waals surface area contributed by atoms with Gasteiger partial charge in [-0.3, -0.25) is 4.79 Å². The summed E-state index contributed by atoms with van der Waals surface area (Å²) in [6.07, 6.45) is 0.994. The Balaban J connectivity index is 1.82. The van der Waals surface area contributed by atoms with E-state index < -0.39 is 0 Å². The Labute approximate surface area is 136 Å². The maximum Gasteiger partial charge on any atom is 0.238 e. The average Bonchev–Trinajstić information content (AvgIpc) is 2.54. The molecule has 0 aliphatic carbocycles. The molecule has 2 aromatic carbocycles. The number of carbonyl (C=O) groups is 1. The van der Waals surface area contributed by atoms with Gasteiger partial charge in [0.1, 0.15) is 0 Å². The molecule has 0 aromatic heterocycles. The second-order valence-corrected chi connectivity index (χ2v) is 5.69. The van der Waals surface area contributed by atoms with Gasteiger partial charge in [0, 0.05) is 16.8 Å². The molecule has 0 heterocycles. The number of benzene rings is 2. The first-order valence-electron chi connectivity index (χ1n) is 7.46. The van der Waals surface area contributed by atoms with Gasteiger partial charge in [0.25, 0.3) is 0 Å². The highest BCUT2D eigenvalue weighted by atomic mass is 35.5. The summed E-state index contributed by atoms with van der Waals surface area (Å²) in [7, 11) is 0. The maximum absolute atomic E-state index is 12.0. The average molecular weight is 317 g/mol. The Hall–Kier alpha value is -1.84. The van der Waals surface area contributed by atoms with Crippen molar-refractivity contribution in [1.29, 1.82) is 0 Å². The van der Waals surface area contributed by atoms with Crippen molar-refractivity contribution in [1.82, 2.24) is 5.32 Å². The molecule has 2 N–H and O–H groups in total. The minimum absolute atomic E-state index is 0.0509. The molecular weight excluding hydrogens is 296 g/mol. The van der Waals surface area contributed by atoms with Crippen LogP contribution in [-0.2, 0) is 11.2 Å². The summed E-state index contributed by atoms with van der Waals surface area (Å²) in [4.78, 5) is 12.0. The van der Waals surface area contributed by atoms with Crippen molar-refractivity contribution >= 4 is 23.2 Å². The van der Waals surface area contributed by atoms with Crippen molar-refractivity contribution in [2.24, 2.45) is 0 Å². The van der Waals surface area contributed by atoms with E-state index in [1.807, 2.05) is 55.5 Å². The van der Waals surface area contributed by atoms with Crippen molar-refractivity contribution in [2.45, 2.75) is 26.3 Å². The Morgan fingerprint density at radius 2 is 1.73 bits per heavy atom. The lowest BCUT2D eigenvalue weighted by Gasteiger charge is -2.14. The van der Waals surface area contributed by atoms with Crippen LogP contribution in [0.4, 0.5) is 5.69 Å². The number of aryl methyl sites for hydroxylation is 1. The Kier molecular flexibility index (Phi) is 5.99. The highest BCUT2D eigenvalue weighted by molar-refractivity contribution is 6.30. The van der Waals surface area contributed by atoms with E-state index in [9.17, 15) is 4.79 Å². The van der Waals surface area contributed by atoms with Crippen LogP contribution < -0.4 is 10.6 Å². The summed E-state index contributed by atoms with van der Waals surface area (Å²) in [5.41, 5.74) is 3.18. The largest absolute Gasteiger partial charge is 0.325 e. The standard InChI is InChI=1S/C18H21ClN2O/c1-3-14-4-10-17(11-5-14)21-18(22)12-20-13(2)15-6-8-16(19)9-7-15/h4-11,13,20H,3,12H2,1-2H3,(H,21,22)/t13-/m1/s1. The molecule has 2 rings (SSSR count). The number of nitrogens with one attached hydrogen (secondary N) is 2. The molecule has 0 spiro atoms. The molecule has 2 aromatic rings. The molecule has 0 aliphatic heterocycles. The van der Waals surface area contributed by atoms with E-state index in [1.165, 1.54) is 5.56 Å². The predicted molar refractivity (Wildman–Crippen MR) is 92.3 cm³/mol. The summed E-state index contributed by atoms with van der Waals surface area (Å²) in [5.74, 6) is -0.0509. The highest BCUT2D eigenvalue weighted by Crippen LogP contribution is 2.16. The molecule has 0 saturated heterocycles. The molecule has 0 bridgehead atoms. The third-order valence-corrected chi connectivity index (χ3v) is 3.84. The smallest absolute Gasteiger partial charge is 0.238 e. The number of amides is 1. The van der Waals surface area contributed by atoms with Gasteiger partial charge in [-0.15, -0.1) is 0 Å². The van der Waals surface area contributed by atoms with Gasteiger partial charge in [-0.05, 0) is 48.7 Å². The fourth-order valence-electron chi connectivity index (χ4n) is 2.14. The van der Waals surface area contributed by atoms with Gasteiger partial charge >= 0.3 is 0 Å². The zero-order valence-corrected chi connectivity index (χ0v) is 13.7. The van der Waals surface area contributed by atoms with Crippen LogP contribution >= 0.6 is 11.6 Å². The predicted octanol–water partition coefficient (Wildman–Crippen LogP) is 4.19. The van der Waals surface area contributed by atoms with E-state index in [0.717, 1.165) is 17.7 Å². The summed E-state index contributed by atoms with van der Waals surface area (Å²) < 4.78 is 0. The molecule has 4 heteroatoms. The first-order chi connectivity index (χ1) is 10.6. The fraction of sp³-hybridized carbons (Fsp3) is 0.278. The van der Waals surface area contributed by atoms with Gasteiger partial charge in [0.15, 0.2) is 0 Å². The number of halogens is 1. The normalized spacial score (nSPS) is 12.0. The lowest BCUT2D eigenvalue weighted by Crippen LogP contribution is -2.30. The Bertz CT molecular complexity index is 608. The Morgan fingerprint density at radius 3 is 2.32 bits per heavy atom. The summed E-state index contributed by atoms with van der Waals surface area (Å²) in [5, 5.41) is 6.80. The topological polar surface area (TPSA) is 41.1 Å². The fourth-order valence-corrected chi connectivity index (χ4v) is 2.27. The summed E-state index contributed by atoms with van der Waals surface area (Å²) >= 11 is 5.87. The molecular formula is C18H21ClN2O. The molecule has 0 radical (unpaired) electrons. The zero-order valence-electron chi connectivity index (χ0n) is 12.9. The monoisotopic (exact) mass is 316 g/mol. The third-order valence-electron chi connectivity index (χ3n) is 3.58. The molecule has 1 amide bonds. The molecule has 116 valence electrons. The van der Waals surface area contributed by atoms with Crippen LogP contribution in [0.25, 0.3) is 0 Å². The zero-order chi connectivity index (χ0) is 15.9. The van der Waals surface area contributed by atoms with Gasteiger partial charge in [-0.25, -0.2) is 0 Å². The number of anilines is 1. The molecule has 0 unspecified atom stereocenters. The summed E-state index contributed by atoms with van der Waals surface area (Å²) in [6, 6.07) is 15.6. The van der Waals surface area contributed by atoms with E-state index in [2.05, 4.69) is 17.6 Å². The van der Waals surface area contributed by atoms with Crippen LogP contribution in [-0.4, -0.2) is 12.5 Å². The van der Waals surface area contributed by atoms with Crippen LogP contribution in [0, 0.1) is 0 Å². The van der Waals surface area contributed by atoms with Gasteiger partial charge in [-0.2, -0.15) is 0 Å². The minimum Gasteiger partial charge on any atom is -0.325 e. The first kappa shape index (κ1) is 16.5. The number of rotatable bonds is 6. The third kappa shape index (κ3) is 4.86. The number of hydrogen-bond donors (Lipinski definition) is 2. The molecule has 0 fully saturated rings. The number of carbonyl (C=O) groups excluding carboxylic acids is 1. The molecule has 0 saturated carbocycles. The summed E-state index contributed by atoms with van der Waals surface area (Å²) in [6.45, 7) is 4.39. The van der Waals surface area contributed by atoms with Crippen LogP contribution in [0.3, 0.4) is 0 Å². The Morgan fingerprint density at radius 1 is 1.09 bits per heavy atom. The molecule has 1 atom stereocenters. The lowest BCUT2D eigenvalue weighted by molar-refractivity contribution is -0.115. The van der Waals surface area contributed by atoms with E-state index in [1.54, 1.807) is 0 Å². The SMILES string of the molecule is CCc1ccc(NC(=O)CN[C@H](C)c2ccc(Cl)cc2)cc1. The highest BCUT2D eigenvalue weighted by Gasteiger charge is 2.08. The van der Waals surface area contributed by atoms with Crippen LogP contribution in [0.1, 0.15) is 31.0 Å². The van der Waals surface area contributed by atoms with Crippen LogP contribution in [0.5, 0.6) is 0 Å². The second-order valence-electron chi connectivity index (χ2n) is 5.25. The van der Waals surface area contributed by atoms with Crippen LogP contribution in [0.15, 0.2) is 48.5 Å². The van der Waals surface area contributed by atoms with Crippen molar-refractivity contribution in [3.8, 4) is 0 Å². The van der Waals surface area contributed by atoms with Gasteiger partial charge < -0.3 is 10.6 Å². The van der Waals surface area contributed by atoms with Crippen molar-refractivity contribution in [3.63, 3.8) is 0 Å². The van der Waals surface area contributed by atoms with Crippen molar-refractivity contribution < 1.29 is 4.79 Å². The van der Waals surface area contributed by atoms with E-state index in [-0.39, 0.29) is 18.5 Å². The van der Waals surface area contributed by atoms with E-state index >= 15 is 0 Å². The van der Waals surface area contributed by atoms with Crippen molar-refractivity contribution in [2.75, 3.05) is 11.9 Å².